The van der Waals surface area contributed by atoms with Crippen LogP contribution in [0.5, 0.6) is 0 Å². The average molecular weight is 383 g/mol. The van der Waals surface area contributed by atoms with Gasteiger partial charge in [0.05, 0.1) is 11.4 Å². The van der Waals surface area contributed by atoms with Crippen LogP contribution in [-0.2, 0) is 4.79 Å². The first kappa shape index (κ1) is 18.0. The van der Waals surface area contributed by atoms with E-state index in [0.717, 1.165) is 5.69 Å². The molecule has 0 spiro atoms. The van der Waals surface area contributed by atoms with Crippen molar-refractivity contribution in [1.82, 2.24) is 4.98 Å². The molecule has 26 heavy (non-hydrogen) atoms. The quantitative estimate of drug-likeness (QED) is 0.440. The van der Waals surface area contributed by atoms with Crippen LogP contribution in [0.1, 0.15) is 23.0 Å². The number of carbonyl (C=O) groups is 2. The number of benzene rings is 2. The number of allylic oxidation sites excluding steroid dienone is 1. The number of amides is 1. The summed E-state index contributed by atoms with van der Waals surface area (Å²) in [5, 5.41) is 2.87. The maximum atomic E-state index is 12.2. The summed E-state index contributed by atoms with van der Waals surface area (Å²) in [6.45, 7) is 1.49. The third kappa shape index (κ3) is 4.25. The smallest absolute Gasteiger partial charge is 0.230 e. The topological polar surface area (TPSA) is 50.3 Å². The summed E-state index contributed by atoms with van der Waals surface area (Å²) < 4.78 is 0. The molecule has 3 rings (SSSR count). The van der Waals surface area contributed by atoms with Gasteiger partial charge in [0, 0.05) is 22.9 Å². The molecule has 4 nitrogen and oxygen atoms in total. The van der Waals surface area contributed by atoms with E-state index in [0.29, 0.717) is 21.4 Å². The lowest BCUT2D eigenvalue weighted by atomic mass is 10.1. The summed E-state index contributed by atoms with van der Waals surface area (Å²) in [4.78, 5) is 30.2. The molecule has 0 aliphatic heterocycles. The molecule has 0 N–H and O–H groups in total. The standard InChI is InChI=1S/C20H15ClN2O2S/c1-14(24)23(18-8-3-2-4-9-18)20-22-17(13-26-20)10-11-19(25)15-6-5-7-16(21)12-15/h2-13H,1H3/b11-10+. The molecule has 1 aromatic heterocycles. The van der Waals surface area contributed by atoms with E-state index in [9.17, 15) is 9.59 Å². The second kappa shape index (κ2) is 8.08. The molecule has 0 bridgehead atoms. The molecule has 0 unspecified atom stereocenters. The molecular formula is C20H15ClN2O2S. The van der Waals surface area contributed by atoms with Crippen molar-refractivity contribution in [1.29, 1.82) is 0 Å². The lowest BCUT2D eigenvalue weighted by molar-refractivity contribution is -0.115. The van der Waals surface area contributed by atoms with Crippen LogP contribution in [-0.4, -0.2) is 16.7 Å². The molecule has 1 amide bonds. The Morgan fingerprint density at radius 3 is 2.58 bits per heavy atom. The van der Waals surface area contributed by atoms with Crippen molar-refractivity contribution in [2.24, 2.45) is 0 Å². The summed E-state index contributed by atoms with van der Waals surface area (Å²) in [5.41, 5.74) is 1.88. The van der Waals surface area contributed by atoms with Crippen LogP contribution in [0.2, 0.25) is 5.02 Å². The van der Waals surface area contributed by atoms with Crippen LogP contribution < -0.4 is 4.90 Å². The number of rotatable bonds is 5. The predicted octanol–water partition coefficient (Wildman–Crippen LogP) is 5.38. The van der Waals surface area contributed by atoms with Gasteiger partial charge in [0.25, 0.3) is 0 Å². The van der Waals surface area contributed by atoms with E-state index in [1.807, 2.05) is 30.3 Å². The zero-order valence-electron chi connectivity index (χ0n) is 13.9. The Balaban J connectivity index is 1.81. The van der Waals surface area contributed by atoms with Gasteiger partial charge in [-0.15, -0.1) is 11.3 Å². The number of halogens is 1. The summed E-state index contributed by atoms with van der Waals surface area (Å²) in [7, 11) is 0. The van der Waals surface area contributed by atoms with Gasteiger partial charge in [0.2, 0.25) is 5.91 Å². The maximum absolute atomic E-state index is 12.2. The third-order valence-corrected chi connectivity index (χ3v) is 4.62. The van der Waals surface area contributed by atoms with Gasteiger partial charge < -0.3 is 0 Å². The summed E-state index contributed by atoms with van der Waals surface area (Å²) in [6.07, 6.45) is 3.08. The van der Waals surface area contributed by atoms with Crippen molar-refractivity contribution >= 4 is 51.5 Å². The summed E-state index contributed by atoms with van der Waals surface area (Å²) >= 11 is 7.25. The second-order valence-electron chi connectivity index (χ2n) is 5.45. The first-order valence-electron chi connectivity index (χ1n) is 7.84. The van der Waals surface area contributed by atoms with Crippen LogP contribution in [0.15, 0.2) is 66.1 Å². The summed E-state index contributed by atoms with van der Waals surface area (Å²) in [5.74, 6) is -0.287. The van der Waals surface area contributed by atoms with Gasteiger partial charge in [0.15, 0.2) is 10.9 Å². The van der Waals surface area contributed by atoms with Gasteiger partial charge in [-0.1, -0.05) is 41.9 Å². The molecule has 0 radical (unpaired) electrons. The van der Waals surface area contributed by atoms with E-state index in [1.165, 1.54) is 24.3 Å². The fourth-order valence-electron chi connectivity index (χ4n) is 2.36. The Bertz CT molecular complexity index is 967. The fourth-order valence-corrected chi connectivity index (χ4v) is 3.40. The second-order valence-corrected chi connectivity index (χ2v) is 6.73. The minimum atomic E-state index is -0.159. The number of anilines is 2. The molecular weight excluding hydrogens is 368 g/mol. The van der Waals surface area contributed by atoms with Crippen molar-refractivity contribution in [2.45, 2.75) is 6.92 Å². The first-order valence-corrected chi connectivity index (χ1v) is 9.09. The highest BCUT2D eigenvalue weighted by molar-refractivity contribution is 7.14. The van der Waals surface area contributed by atoms with Crippen molar-refractivity contribution in [3.63, 3.8) is 0 Å². The van der Waals surface area contributed by atoms with E-state index in [1.54, 1.807) is 40.6 Å². The van der Waals surface area contributed by atoms with Gasteiger partial charge in [-0.2, -0.15) is 0 Å². The number of hydrogen-bond donors (Lipinski definition) is 0. The fraction of sp³-hybridized carbons (Fsp3) is 0.0500. The Labute approximate surface area is 160 Å². The molecule has 0 saturated carbocycles. The minimum Gasteiger partial charge on any atom is -0.289 e. The monoisotopic (exact) mass is 382 g/mol. The number of carbonyl (C=O) groups excluding carboxylic acids is 2. The van der Waals surface area contributed by atoms with Crippen LogP contribution in [0.4, 0.5) is 10.8 Å². The van der Waals surface area contributed by atoms with Crippen LogP contribution in [0.3, 0.4) is 0 Å². The molecule has 0 atom stereocenters. The van der Waals surface area contributed by atoms with E-state index in [-0.39, 0.29) is 11.7 Å². The molecule has 1 heterocycles. The van der Waals surface area contributed by atoms with Crippen molar-refractivity contribution in [3.05, 3.63) is 82.3 Å². The number of aromatic nitrogens is 1. The highest BCUT2D eigenvalue weighted by atomic mass is 35.5. The molecule has 0 aliphatic carbocycles. The molecule has 0 saturated heterocycles. The predicted molar refractivity (Wildman–Crippen MR) is 106 cm³/mol. The SMILES string of the molecule is CC(=O)N(c1ccccc1)c1nc(/C=C/C(=O)c2cccc(Cl)c2)cs1. The normalized spacial score (nSPS) is 10.8. The van der Waals surface area contributed by atoms with Gasteiger partial charge >= 0.3 is 0 Å². The number of para-hydroxylation sites is 1. The summed E-state index contributed by atoms with van der Waals surface area (Å²) in [6, 6.07) is 16.1. The number of ketones is 1. The third-order valence-electron chi connectivity index (χ3n) is 3.55. The molecule has 0 fully saturated rings. The van der Waals surface area contributed by atoms with E-state index in [4.69, 9.17) is 11.6 Å². The largest absolute Gasteiger partial charge is 0.289 e. The first-order chi connectivity index (χ1) is 12.5. The number of hydrogen-bond acceptors (Lipinski definition) is 4. The molecule has 3 aromatic rings. The van der Waals surface area contributed by atoms with Crippen molar-refractivity contribution < 1.29 is 9.59 Å². The molecule has 130 valence electrons. The van der Waals surface area contributed by atoms with Crippen LogP contribution >= 0.6 is 22.9 Å². The van der Waals surface area contributed by atoms with Gasteiger partial charge in [-0.3, -0.25) is 14.5 Å². The van der Waals surface area contributed by atoms with E-state index >= 15 is 0 Å². The van der Waals surface area contributed by atoms with Gasteiger partial charge in [-0.25, -0.2) is 4.98 Å². The van der Waals surface area contributed by atoms with E-state index < -0.39 is 0 Å². The zero-order chi connectivity index (χ0) is 18.5. The molecule has 6 heteroatoms. The Hall–Kier alpha value is -2.76. The zero-order valence-corrected chi connectivity index (χ0v) is 15.5. The Morgan fingerprint density at radius 1 is 1.12 bits per heavy atom. The van der Waals surface area contributed by atoms with Gasteiger partial charge in [-0.05, 0) is 36.4 Å². The van der Waals surface area contributed by atoms with E-state index in [2.05, 4.69) is 4.98 Å². The lowest BCUT2D eigenvalue weighted by Gasteiger charge is -2.17. The highest BCUT2D eigenvalue weighted by Gasteiger charge is 2.17. The average Bonchev–Trinajstić information content (AvgIpc) is 3.09. The Morgan fingerprint density at radius 2 is 1.88 bits per heavy atom. The minimum absolute atomic E-state index is 0.129. The van der Waals surface area contributed by atoms with Crippen LogP contribution in [0, 0.1) is 0 Å². The number of thiazole rings is 1. The molecule has 2 aromatic carbocycles. The van der Waals surface area contributed by atoms with Crippen molar-refractivity contribution in [3.8, 4) is 0 Å². The number of nitrogens with zero attached hydrogens (tertiary/aromatic N) is 2. The Kier molecular flexibility index (Phi) is 5.61. The maximum Gasteiger partial charge on any atom is 0.230 e. The molecule has 0 aliphatic rings. The lowest BCUT2D eigenvalue weighted by Crippen LogP contribution is -2.22. The highest BCUT2D eigenvalue weighted by Crippen LogP contribution is 2.29. The van der Waals surface area contributed by atoms with Gasteiger partial charge in [0.1, 0.15) is 0 Å². The van der Waals surface area contributed by atoms with Crippen LogP contribution in [0.25, 0.3) is 6.08 Å². The van der Waals surface area contributed by atoms with Crippen molar-refractivity contribution in [2.75, 3.05) is 4.90 Å².